The zero-order chi connectivity index (χ0) is 14.8. The molecule has 1 heterocycles. The third-order valence-corrected chi connectivity index (χ3v) is 2.62. The van der Waals surface area contributed by atoms with Crippen LogP contribution in [0.5, 0.6) is 0 Å². The van der Waals surface area contributed by atoms with Crippen LogP contribution in [-0.2, 0) is 6.42 Å². The number of amides is 2. The van der Waals surface area contributed by atoms with E-state index >= 15 is 0 Å². The van der Waals surface area contributed by atoms with E-state index in [4.69, 9.17) is 23.8 Å². The van der Waals surface area contributed by atoms with Crippen molar-refractivity contribution < 1.29 is 4.79 Å². The first-order valence-corrected chi connectivity index (χ1v) is 6.39. The molecule has 0 spiro atoms. The van der Waals surface area contributed by atoms with Gasteiger partial charge in [0.15, 0.2) is 5.96 Å². The average Bonchev–Trinajstić information content (AvgIpc) is 2.41. The number of aliphatic imine (C=N–C) groups is 1. The first kappa shape index (κ1) is 15.8. The van der Waals surface area contributed by atoms with Gasteiger partial charge >= 0.3 is 6.03 Å². The van der Waals surface area contributed by atoms with Crippen molar-refractivity contribution in [2.24, 2.45) is 10.7 Å². The molecule has 0 fully saturated rings. The second-order valence-electron chi connectivity index (χ2n) is 3.81. The number of guanidine groups is 1. The molecule has 0 aliphatic carbocycles. The van der Waals surface area contributed by atoms with Gasteiger partial charge in [0.25, 0.3) is 0 Å². The second kappa shape index (κ2) is 8.77. The minimum Gasteiger partial charge on any atom is -0.351 e. The molecule has 4 N–H and O–H groups in total. The molecule has 1 rings (SSSR count). The van der Waals surface area contributed by atoms with Crippen molar-refractivity contribution in [3.63, 3.8) is 0 Å². The Hall–Kier alpha value is -2.26. The maximum atomic E-state index is 10.8. The van der Waals surface area contributed by atoms with Gasteiger partial charge in [-0.3, -0.25) is 15.3 Å². The molecule has 0 aliphatic rings. The molecule has 20 heavy (non-hydrogen) atoms. The molecule has 0 saturated carbocycles. The second-order valence-corrected chi connectivity index (χ2v) is 4.22. The summed E-state index contributed by atoms with van der Waals surface area (Å²) in [5.74, 6) is 2.65. The number of nitrogens with two attached hydrogens (primary N) is 1. The maximum absolute atomic E-state index is 10.8. The molecule has 0 aliphatic heterocycles. The third kappa shape index (κ3) is 6.07. The normalized spacial score (nSPS) is 10.7. The average molecular weight is 294 g/mol. The standard InChI is InChI=1S/C13H16ClN5O/c1-2-7-17-13(19-12(15)20)18-9-4-6-11-10(14)5-3-8-16-11/h1,3,5,8H,4,6-7,9H2,(H4,15,17,18,19,20). The van der Waals surface area contributed by atoms with E-state index in [0.717, 1.165) is 12.1 Å². The summed E-state index contributed by atoms with van der Waals surface area (Å²) in [6.07, 6.45) is 8.25. The number of carbonyl (C=O) groups excluding carboxylic acids is 1. The minimum absolute atomic E-state index is 0.255. The van der Waals surface area contributed by atoms with Gasteiger partial charge in [-0.05, 0) is 25.0 Å². The molecule has 0 atom stereocenters. The van der Waals surface area contributed by atoms with Crippen LogP contribution in [0.4, 0.5) is 4.79 Å². The molecule has 6 nitrogen and oxygen atoms in total. The summed E-state index contributed by atoms with van der Waals surface area (Å²) in [4.78, 5) is 19.1. The summed E-state index contributed by atoms with van der Waals surface area (Å²) in [5, 5.41) is 5.77. The van der Waals surface area contributed by atoms with Gasteiger partial charge in [-0.2, -0.15) is 0 Å². The highest BCUT2D eigenvalue weighted by Crippen LogP contribution is 2.13. The lowest BCUT2D eigenvalue weighted by atomic mass is 10.2. The number of urea groups is 1. The van der Waals surface area contributed by atoms with E-state index in [1.165, 1.54) is 0 Å². The number of hydrogen-bond acceptors (Lipinski definition) is 3. The Balaban J connectivity index is 2.45. The molecule has 7 heteroatoms. The fourth-order valence-electron chi connectivity index (χ4n) is 1.43. The van der Waals surface area contributed by atoms with Gasteiger partial charge in [0.2, 0.25) is 0 Å². The lowest BCUT2D eigenvalue weighted by molar-refractivity contribution is 0.253. The largest absolute Gasteiger partial charge is 0.351 e. The van der Waals surface area contributed by atoms with E-state index in [1.807, 2.05) is 0 Å². The van der Waals surface area contributed by atoms with Gasteiger partial charge in [-0.1, -0.05) is 17.5 Å². The molecular formula is C13H16ClN5O. The zero-order valence-electron chi connectivity index (χ0n) is 10.9. The lowest BCUT2D eigenvalue weighted by Gasteiger charge is -2.07. The molecular weight excluding hydrogens is 278 g/mol. The van der Waals surface area contributed by atoms with E-state index < -0.39 is 6.03 Å². The molecule has 0 unspecified atom stereocenters. The van der Waals surface area contributed by atoms with E-state index in [1.54, 1.807) is 18.3 Å². The number of terminal acetylenes is 1. The quantitative estimate of drug-likeness (QED) is 0.326. The number of carbonyl (C=O) groups is 1. The summed E-state index contributed by atoms with van der Waals surface area (Å²) in [6.45, 7) is 0.741. The summed E-state index contributed by atoms with van der Waals surface area (Å²) in [6, 6.07) is 2.88. The number of aryl methyl sites for hydroxylation is 1. The lowest BCUT2D eigenvalue weighted by Crippen LogP contribution is -2.43. The third-order valence-electron chi connectivity index (χ3n) is 2.28. The minimum atomic E-state index is -0.693. The Morgan fingerprint density at radius 2 is 2.40 bits per heavy atom. The van der Waals surface area contributed by atoms with Gasteiger partial charge in [0, 0.05) is 12.7 Å². The molecule has 0 aromatic carbocycles. The molecule has 0 radical (unpaired) electrons. The summed E-state index contributed by atoms with van der Waals surface area (Å²) in [5.41, 5.74) is 5.85. The Morgan fingerprint density at radius 1 is 1.60 bits per heavy atom. The van der Waals surface area contributed by atoms with Crippen molar-refractivity contribution in [2.75, 3.05) is 13.1 Å². The number of hydrogen-bond donors (Lipinski definition) is 3. The monoisotopic (exact) mass is 293 g/mol. The number of nitrogens with zero attached hydrogens (tertiary/aromatic N) is 2. The first-order chi connectivity index (χ1) is 9.63. The fourth-order valence-corrected chi connectivity index (χ4v) is 1.65. The number of rotatable bonds is 5. The number of aromatic nitrogens is 1. The van der Waals surface area contributed by atoms with E-state index in [2.05, 4.69) is 26.5 Å². The predicted molar refractivity (Wildman–Crippen MR) is 79.4 cm³/mol. The van der Waals surface area contributed by atoms with Crippen molar-refractivity contribution in [3.8, 4) is 12.3 Å². The maximum Gasteiger partial charge on any atom is 0.318 e. The van der Waals surface area contributed by atoms with Gasteiger partial charge in [-0.15, -0.1) is 6.42 Å². The fraction of sp³-hybridized carbons (Fsp3) is 0.308. The molecule has 1 aromatic rings. The van der Waals surface area contributed by atoms with E-state index in [9.17, 15) is 4.79 Å². The number of nitrogens with one attached hydrogen (secondary N) is 2. The van der Waals surface area contributed by atoms with Crippen molar-refractivity contribution >= 4 is 23.6 Å². The number of primary amides is 1. The van der Waals surface area contributed by atoms with Crippen molar-refractivity contribution in [1.82, 2.24) is 15.6 Å². The molecule has 106 valence electrons. The highest BCUT2D eigenvalue weighted by Gasteiger charge is 2.02. The Kier molecular flexibility index (Phi) is 6.93. The number of pyridine rings is 1. The van der Waals surface area contributed by atoms with Gasteiger partial charge in [-0.25, -0.2) is 4.79 Å². The highest BCUT2D eigenvalue weighted by molar-refractivity contribution is 6.31. The zero-order valence-corrected chi connectivity index (χ0v) is 11.7. The molecule has 0 saturated heterocycles. The Bertz CT molecular complexity index is 524. The smallest absolute Gasteiger partial charge is 0.318 e. The SMILES string of the molecule is C#CCNC(=NCCCc1ncccc1Cl)NC(N)=O. The van der Waals surface area contributed by atoms with Crippen molar-refractivity contribution in [3.05, 3.63) is 29.0 Å². The summed E-state index contributed by atoms with van der Waals surface area (Å²) >= 11 is 6.00. The van der Waals surface area contributed by atoms with Crippen LogP contribution >= 0.6 is 11.6 Å². The molecule has 2 amide bonds. The van der Waals surface area contributed by atoms with Crippen LogP contribution in [0.3, 0.4) is 0 Å². The Morgan fingerprint density at radius 3 is 3.05 bits per heavy atom. The van der Waals surface area contributed by atoms with Crippen LogP contribution in [0.2, 0.25) is 5.02 Å². The molecule has 0 bridgehead atoms. The van der Waals surface area contributed by atoms with Gasteiger partial charge < -0.3 is 11.1 Å². The summed E-state index contributed by atoms with van der Waals surface area (Å²) < 4.78 is 0. The van der Waals surface area contributed by atoms with Gasteiger partial charge in [0.05, 0.1) is 17.3 Å². The van der Waals surface area contributed by atoms with E-state index in [0.29, 0.717) is 18.0 Å². The highest BCUT2D eigenvalue weighted by atomic mass is 35.5. The van der Waals surface area contributed by atoms with Crippen LogP contribution in [0.1, 0.15) is 12.1 Å². The van der Waals surface area contributed by atoms with Crippen molar-refractivity contribution in [2.45, 2.75) is 12.8 Å². The first-order valence-electron chi connectivity index (χ1n) is 6.01. The van der Waals surface area contributed by atoms with Crippen LogP contribution in [0.25, 0.3) is 0 Å². The van der Waals surface area contributed by atoms with Crippen LogP contribution in [-0.4, -0.2) is 30.1 Å². The van der Waals surface area contributed by atoms with Crippen LogP contribution in [0, 0.1) is 12.3 Å². The Labute approximate surface area is 122 Å². The van der Waals surface area contributed by atoms with Crippen LogP contribution in [0.15, 0.2) is 23.3 Å². The van der Waals surface area contributed by atoms with Crippen molar-refractivity contribution in [1.29, 1.82) is 0 Å². The van der Waals surface area contributed by atoms with E-state index in [-0.39, 0.29) is 12.5 Å². The van der Waals surface area contributed by atoms with Crippen LogP contribution < -0.4 is 16.4 Å². The molecule has 1 aromatic heterocycles. The summed E-state index contributed by atoms with van der Waals surface area (Å²) in [7, 11) is 0. The topological polar surface area (TPSA) is 92.4 Å². The number of halogens is 1. The van der Waals surface area contributed by atoms with Gasteiger partial charge in [0.1, 0.15) is 0 Å². The predicted octanol–water partition coefficient (Wildman–Crippen LogP) is 0.915.